The number of pyridine rings is 2. The highest BCUT2D eigenvalue weighted by molar-refractivity contribution is 5.86. The minimum Gasteiger partial charge on any atom is -0.364 e. The van der Waals surface area contributed by atoms with E-state index in [-0.39, 0.29) is 6.04 Å². The normalized spacial score (nSPS) is 16.5. The van der Waals surface area contributed by atoms with Crippen molar-refractivity contribution in [2.75, 3.05) is 23.3 Å². The number of imidazole rings is 1. The van der Waals surface area contributed by atoms with E-state index in [4.69, 9.17) is 4.98 Å². The number of nitrogens with one attached hydrogen (secondary N) is 1. The third-order valence-electron chi connectivity index (χ3n) is 5.66. The molecule has 1 atom stereocenters. The van der Waals surface area contributed by atoms with Crippen LogP contribution in [0.3, 0.4) is 0 Å². The Kier molecular flexibility index (Phi) is 5.31. The van der Waals surface area contributed by atoms with Gasteiger partial charge in [-0.15, -0.1) is 0 Å². The Morgan fingerprint density at radius 2 is 1.97 bits per heavy atom. The van der Waals surface area contributed by atoms with Crippen molar-refractivity contribution >= 4 is 22.8 Å². The second kappa shape index (κ2) is 8.30. The minimum absolute atomic E-state index is 0.146. The number of aryl methyl sites for hydroxylation is 1. The van der Waals surface area contributed by atoms with E-state index in [1.54, 1.807) is 6.20 Å². The molecule has 5 heterocycles. The third-order valence-corrected chi connectivity index (χ3v) is 5.66. The van der Waals surface area contributed by atoms with Gasteiger partial charge < -0.3 is 14.8 Å². The molecule has 33 heavy (non-hydrogen) atoms. The average Bonchev–Trinajstić information content (AvgIpc) is 3.44. The molecule has 5 rings (SSSR count). The van der Waals surface area contributed by atoms with Crippen molar-refractivity contribution in [1.29, 1.82) is 0 Å². The molecule has 0 spiro atoms. The monoisotopic (exact) mass is 454 g/mol. The van der Waals surface area contributed by atoms with Crippen LogP contribution in [-0.2, 0) is 12.7 Å². The molecule has 170 valence electrons. The molecule has 8 nitrogen and oxygen atoms in total. The zero-order chi connectivity index (χ0) is 23.0. The number of hydrogen-bond donors (Lipinski definition) is 1. The van der Waals surface area contributed by atoms with Gasteiger partial charge >= 0.3 is 6.18 Å². The Bertz CT molecular complexity index is 1250. The largest absolute Gasteiger partial charge is 0.433 e. The Hall–Kier alpha value is -3.76. The Labute approximate surface area is 187 Å². The number of hydrogen-bond acceptors (Lipinski definition) is 7. The van der Waals surface area contributed by atoms with Crippen LogP contribution in [0.4, 0.5) is 24.8 Å². The first-order chi connectivity index (χ1) is 15.9. The third kappa shape index (κ3) is 4.06. The van der Waals surface area contributed by atoms with Gasteiger partial charge in [0.05, 0.1) is 0 Å². The molecule has 0 radical (unpaired) electrons. The number of alkyl halides is 3. The molecular weight excluding hydrogens is 433 g/mol. The van der Waals surface area contributed by atoms with Gasteiger partial charge in [-0.2, -0.15) is 13.2 Å². The van der Waals surface area contributed by atoms with Crippen LogP contribution in [0.2, 0.25) is 0 Å². The van der Waals surface area contributed by atoms with Crippen molar-refractivity contribution in [2.24, 2.45) is 0 Å². The summed E-state index contributed by atoms with van der Waals surface area (Å²) in [7, 11) is 0. The van der Waals surface area contributed by atoms with Gasteiger partial charge in [-0.25, -0.2) is 19.9 Å². The molecule has 1 N–H and O–H groups in total. The van der Waals surface area contributed by atoms with Gasteiger partial charge in [-0.3, -0.25) is 4.98 Å². The van der Waals surface area contributed by atoms with E-state index in [9.17, 15) is 13.2 Å². The maximum absolute atomic E-state index is 12.9. The zero-order valence-electron chi connectivity index (χ0n) is 17.8. The minimum atomic E-state index is -4.49. The molecule has 0 unspecified atom stereocenters. The SMILES string of the molecule is CCn1c(-c2ccc(C(F)(F)F)nc2)nc2c(N[C@H]3CCN(c4ccccn4)C3)ncnc21. The number of fused-ring (bicyclic) bond motifs is 1. The van der Waals surface area contributed by atoms with Gasteiger partial charge in [-0.1, -0.05) is 6.07 Å². The topological polar surface area (TPSA) is 84.7 Å². The standard InChI is InChI=1S/C22H21F3N8/c1-2-33-20(14-6-7-16(27-11-14)22(23,24)25)31-18-19(28-13-29-21(18)33)30-15-8-10-32(12-15)17-5-3-4-9-26-17/h3-7,9,11,13,15H,2,8,10,12H2,1H3,(H,28,29,30)/t15-/m0/s1. The van der Waals surface area contributed by atoms with Crippen molar-refractivity contribution in [3.05, 3.63) is 54.7 Å². The van der Waals surface area contributed by atoms with Crippen molar-refractivity contribution in [3.63, 3.8) is 0 Å². The number of nitrogens with zero attached hydrogens (tertiary/aromatic N) is 7. The summed E-state index contributed by atoms with van der Waals surface area (Å²) in [4.78, 5) is 23.7. The van der Waals surface area contributed by atoms with Crippen LogP contribution in [0.15, 0.2) is 49.1 Å². The molecule has 0 amide bonds. The second-order valence-electron chi connectivity index (χ2n) is 7.77. The Balaban J connectivity index is 1.44. The van der Waals surface area contributed by atoms with Crippen LogP contribution in [0.1, 0.15) is 19.0 Å². The summed E-state index contributed by atoms with van der Waals surface area (Å²) in [6, 6.07) is 8.33. The lowest BCUT2D eigenvalue weighted by Crippen LogP contribution is -2.27. The van der Waals surface area contributed by atoms with E-state index < -0.39 is 11.9 Å². The number of anilines is 2. The molecule has 11 heteroatoms. The second-order valence-corrected chi connectivity index (χ2v) is 7.77. The van der Waals surface area contributed by atoms with Gasteiger partial charge in [0, 0.05) is 43.6 Å². The van der Waals surface area contributed by atoms with E-state index in [1.807, 2.05) is 29.7 Å². The highest BCUT2D eigenvalue weighted by atomic mass is 19.4. The maximum atomic E-state index is 12.9. The Morgan fingerprint density at radius 3 is 2.67 bits per heavy atom. The summed E-state index contributed by atoms with van der Waals surface area (Å²) >= 11 is 0. The first kappa shape index (κ1) is 21.1. The van der Waals surface area contributed by atoms with Crippen LogP contribution >= 0.6 is 0 Å². The van der Waals surface area contributed by atoms with Crippen LogP contribution in [0.5, 0.6) is 0 Å². The van der Waals surface area contributed by atoms with E-state index >= 15 is 0 Å². The molecule has 0 bridgehead atoms. The van der Waals surface area contributed by atoms with E-state index in [0.717, 1.165) is 31.4 Å². The zero-order valence-corrected chi connectivity index (χ0v) is 17.8. The lowest BCUT2D eigenvalue weighted by Gasteiger charge is -2.18. The van der Waals surface area contributed by atoms with Crippen molar-refractivity contribution in [2.45, 2.75) is 32.1 Å². The van der Waals surface area contributed by atoms with E-state index in [0.29, 0.717) is 34.9 Å². The van der Waals surface area contributed by atoms with Gasteiger partial charge in [0.25, 0.3) is 0 Å². The number of aromatic nitrogens is 6. The average molecular weight is 454 g/mol. The van der Waals surface area contributed by atoms with Gasteiger partial charge in [0.15, 0.2) is 17.0 Å². The fraction of sp³-hybridized carbons (Fsp3) is 0.318. The first-order valence-electron chi connectivity index (χ1n) is 10.6. The smallest absolute Gasteiger partial charge is 0.364 e. The lowest BCUT2D eigenvalue weighted by atomic mass is 10.2. The lowest BCUT2D eigenvalue weighted by molar-refractivity contribution is -0.141. The Morgan fingerprint density at radius 1 is 1.09 bits per heavy atom. The molecule has 1 aliphatic heterocycles. The van der Waals surface area contributed by atoms with Crippen LogP contribution < -0.4 is 10.2 Å². The molecular formula is C22H21F3N8. The van der Waals surface area contributed by atoms with E-state index in [2.05, 4.69) is 30.2 Å². The van der Waals surface area contributed by atoms with Crippen molar-refractivity contribution < 1.29 is 13.2 Å². The molecule has 1 fully saturated rings. The molecule has 0 aromatic carbocycles. The highest BCUT2D eigenvalue weighted by Crippen LogP contribution is 2.31. The molecule has 0 saturated carbocycles. The first-order valence-corrected chi connectivity index (χ1v) is 10.6. The van der Waals surface area contributed by atoms with Crippen molar-refractivity contribution in [3.8, 4) is 11.4 Å². The quantitative estimate of drug-likeness (QED) is 0.488. The molecule has 1 aliphatic rings. The van der Waals surface area contributed by atoms with Crippen LogP contribution in [-0.4, -0.2) is 48.6 Å². The predicted molar refractivity (Wildman–Crippen MR) is 118 cm³/mol. The number of halogens is 3. The predicted octanol–water partition coefficient (Wildman–Crippen LogP) is 4.01. The van der Waals surface area contributed by atoms with Crippen molar-refractivity contribution in [1.82, 2.24) is 29.5 Å². The molecule has 0 aliphatic carbocycles. The summed E-state index contributed by atoms with van der Waals surface area (Å²) in [5.74, 6) is 2.03. The summed E-state index contributed by atoms with van der Waals surface area (Å²) in [6.07, 6.45) is 0.860. The molecule has 4 aromatic heterocycles. The summed E-state index contributed by atoms with van der Waals surface area (Å²) in [5.41, 5.74) is 0.734. The fourth-order valence-corrected chi connectivity index (χ4v) is 4.08. The molecule has 1 saturated heterocycles. The summed E-state index contributed by atoms with van der Waals surface area (Å²) < 4.78 is 40.5. The van der Waals surface area contributed by atoms with Crippen LogP contribution in [0, 0.1) is 0 Å². The highest BCUT2D eigenvalue weighted by Gasteiger charge is 2.32. The maximum Gasteiger partial charge on any atom is 0.433 e. The van der Waals surface area contributed by atoms with E-state index in [1.165, 1.54) is 18.6 Å². The van der Waals surface area contributed by atoms with Gasteiger partial charge in [-0.05, 0) is 37.6 Å². The summed E-state index contributed by atoms with van der Waals surface area (Å²) in [5, 5.41) is 3.47. The summed E-state index contributed by atoms with van der Waals surface area (Å²) in [6.45, 7) is 4.11. The number of rotatable bonds is 5. The van der Waals surface area contributed by atoms with Gasteiger partial charge in [0.2, 0.25) is 0 Å². The molecule has 4 aromatic rings. The van der Waals surface area contributed by atoms with Gasteiger partial charge in [0.1, 0.15) is 23.7 Å². The van der Waals surface area contributed by atoms with Crippen LogP contribution in [0.25, 0.3) is 22.6 Å². The fourth-order valence-electron chi connectivity index (χ4n) is 4.08.